The summed E-state index contributed by atoms with van der Waals surface area (Å²) in [7, 11) is -2.17. The van der Waals surface area contributed by atoms with Crippen molar-refractivity contribution in [2.24, 2.45) is 0 Å². The van der Waals surface area contributed by atoms with Crippen LogP contribution in [0.15, 0.2) is 0 Å². The Morgan fingerprint density at radius 1 is 1.17 bits per heavy atom. The Hall–Kier alpha value is 0.849. The standard InChI is InChI=1S/BH3O3.O.Y/c2-1(3)4;;/h2-4H;;. The molecular formula is H3BO4Y. The van der Waals surface area contributed by atoms with Gasteiger partial charge in [-0.2, -0.15) is 0 Å². The van der Waals surface area contributed by atoms with Gasteiger partial charge in [0.05, 0.1) is 0 Å². The van der Waals surface area contributed by atoms with Crippen LogP contribution >= 0.6 is 0 Å². The summed E-state index contributed by atoms with van der Waals surface area (Å²) in [5.41, 5.74) is 0. The molecule has 33 valence electrons. The predicted molar refractivity (Wildman–Crippen MR) is 13.1 cm³/mol. The van der Waals surface area contributed by atoms with Crippen molar-refractivity contribution in [1.29, 1.82) is 0 Å². The first kappa shape index (κ1) is 9.97. The van der Waals surface area contributed by atoms with Crippen LogP contribution in [-0.2, 0) is 33.1 Å². The Morgan fingerprint density at radius 2 is 1.17 bits per heavy atom. The molecule has 0 radical (unpaired) electrons. The molecule has 0 heterocycles. The van der Waals surface area contributed by atoms with Gasteiger partial charge in [0.2, 0.25) is 0 Å². The van der Waals surface area contributed by atoms with E-state index in [2.05, 4.69) is 0 Å². The third kappa shape index (κ3) is 99.7. The van der Waals surface area contributed by atoms with Crippen molar-refractivity contribution in [3.63, 3.8) is 0 Å². The van der Waals surface area contributed by atoms with Crippen molar-refractivity contribution in [2.75, 3.05) is 0 Å². The third-order valence-electron chi connectivity index (χ3n) is 0. The molecule has 0 atom stereocenters. The summed E-state index contributed by atoms with van der Waals surface area (Å²) in [5, 5.41) is 21.5. The average molecular weight is 167 g/mol. The molecule has 0 fully saturated rings. The first-order chi connectivity index (χ1) is 2.73. The van der Waals surface area contributed by atoms with E-state index in [0.29, 0.717) is 0 Å². The van der Waals surface area contributed by atoms with Crippen LogP contribution in [0.1, 0.15) is 0 Å². The molecule has 3 N–H and O–H groups in total. The van der Waals surface area contributed by atoms with Crippen LogP contribution in [0.2, 0.25) is 0 Å². The van der Waals surface area contributed by atoms with E-state index >= 15 is 0 Å². The van der Waals surface area contributed by atoms with Crippen LogP contribution in [0.5, 0.6) is 0 Å². The molecule has 4 nitrogen and oxygen atoms in total. The van der Waals surface area contributed by atoms with E-state index in [1.54, 1.807) is 0 Å². The number of hydrogen-bond donors (Lipinski definition) is 3. The van der Waals surface area contributed by atoms with E-state index in [1.807, 2.05) is 0 Å². The average Bonchev–Trinajstić information content (AvgIpc) is 1.41. The third-order valence-corrected chi connectivity index (χ3v) is 0. The van der Waals surface area contributed by atoms with Gasteiger partial charge in [-0.05, 0) is 0 Å². The fourth-order valence-corrected chi connectivity index (χ4v) is 0. The van der Waals surface area contributed by atoms with Crippen molar-refractivity contribution in [2.45, 2.75) is 0 Å². The van der Waals surface area contributed by atoms with E-state index in [-0.39, 0.29) is 31.0 Å². The number of rotatable bonds is 0. The van der Waals surface area contributed by atoms with Crippen LogP contribution in [0, 0.1) is 0 Å². The van der Waals surface area contributed by atoms with Crippen molar-refractivity contribution >= 4 is 7.32 Å². The second kappa shape index (κ2) is 9.28. The van der Waals surface area contributed by atoms with Crippen molar-refractivity contribution in [3.8, 4) is 0 Å². The van der Waals surface area contributed by atoms with E-state index in [4.69, 9.17) is 17.1 Å². The maximum atomic E-state index is 8.38. The quantitative estimate of drug-likeness (QED) is 0.358. The summed E-state index contributed by atoms with van der Waals surface area (Å²) in [6.07, 6.45) is 0. The topological polar surface area (TPSA) is 77.8 Å². The molecule has 0 aliphatic carbocycles. The Kier molecular flexibility index (Phi) is 15.4. The molecule has 0 aliphatic heterocycles. The van der Waals surface area contributed by atoms with Gasteiger partial charge in [-0.15, -0.1) is 0 Å². The van der Waals surface area contributed by atoms with Crippen molar-refractivity contribution in [1.82, 2.24) is 0 Å². The van der Waals surface area contributed by atoms with Gasteiger partial charge in [-0.25, -0.2) is 0 Å². The summed E-state index contributed by atoms with van der Waals surface area (Å²) < 4.78 is 8.38. The minimum atomic E-state index is -2.17. The first-order valence-electron chi connectivity index (χ1n) is 1.01. The van der Waals surface area contributed by atoms with Gasteiger partial charge < -0.3 is 15.1 Å². The molecule has 0 aromatic carbocycles. The molecule has 0 aliphatic rings. The Balaban J connectivity index is 0. The second-order valence-corrected chi connectivity index (χ2v) is 0.346. The molecule has 0 unspecified atom stereocenters. The van der Waals surface area contributed by atoms with Gasteiger partial charge in [0, 0.05) is 0 Å². The molecule has 0 saturated carbocycles. The van der Waals surface area contributed by atoms with Gasteiger partial charge in [-0.3, -0.25) is 0 Å². The Bertz CT molecular complexity index is 18.8. The van der Waals surface area contributed by atoms with Gasteiger partial charge in [0.25, 0.3) is 0 Å². The summed E-state index contributed by atoms with van der Waals surface area (Å²) in [6, 6.07) is 0. The van der Waals surface area contributed by atoms with Crippen LogP contribution in [0.3, 0.4) is 0 Å². The van der Waals surface area contributed by atoms with Crippen LogP contribution in [0.4, 0.5) is 0 Å². The molecule has 0 aromatic rings. The monoisotopic (exact) mass is 167 g/mol. The number of hydrogen-bond acceptors (Lipinski definition) is 4. The zero-order chi connectivity index (χ0) is 5.58. The van der Waals surface area contributed by atoms with Gasteiger partial charge in [-0.1, -0.05) is 0 Å². The van der Waals surface area contributed by atoms with Crippen molar-refractivity contribution < 1.29 is 48.1 Å². The molecule has 0 spiro atoms. The van der Waals surface area contributed by atoms with E-state index < -0.39 is 7.32 Å². The Morgan fingerprint density at radius 3 is 1.17 bits per heavy atom. The summed E-state index contributed by atoms with van der Waals surface area (Å²) in [5.74, 6) is 0. The Labute approximate surface area is 55.4 Å². The SMILES string of the molecule is OB(O)O.[O]=[Y]. The van der Waals surface area contributed by atoms with E-state index in [1.165, 1.54) is 0 Å². The van der Waals surface area contributed by atoms with Crippen LogP contribution in [-0.4, -0.2) is 22.4 Å². The maximum absolute atomic E-state index is 8.38. The van der Waals surface area contributed by atoms with Crippen LogP contribution in [0.25, 0.3) is 0 Å². The molecular weight excluding hydrogens is 164 g/mol. The van der Waals surface area contributed by atoms with Crippen molar-refractivity contribution in [3.05, 3.63) is 0 Å². The summed E-state index contributed by atoms with van der Waals surface area (Å²) in [6.45, 7) is 0. The van der Waals surface area contributed by atoms with Gasteiger partial charge >= 0.3 is 40.4 Å². The first-order valence-corrected chi connectivity index (χ1v) is 2.17. The minimum absolute atomic E-state index is 0.100. The molecule has 0 bridgehead atoms. The molecule has 6 heteroatoms. The zero-order valence-corrected chi connectivity index (χ0v) is 5.74. The van der Waals surface area contributed by atoms with Gasteiger partial charge in [0.1, 0.15) is 0 Å². The normalized spacial score (nSPS) is 5.50. The predicted octanol–water partition coefficient (Wildman–Crippen LogP) is -2.17. The second-order valence-electron chi connectivity index (χ2n) is 0.346. The van der Waals surface area contributed by atoms with E-state index in [0.717, 1.165) is 0 Å². The zero-order valence-electron chi connectivity index (χ0n) is 2.90. The molecule has 6 heavy (non-hydrogen) atoms. The molecule has 0 rings (SSSR count). The van der Waals surface area contributed by atoms with Crippen LogP contribution < -0.4 is 0 Å². The molecule has 0 amide bonds. The molecule has 0 saturated heterocycles. The summed E-state index contributed by atoms with van der Waals surface area (Å²) in [4.78, 5) is 0. The van der Waals surface area contributed by atoms with Gasteiger partial charge in [0.15, 0.2) is 0 Å². The fraction of sp³-hybridized carbons (Fsp3) is 0. The fourth-order valence-electron chi connectivity index (χ4n) is 0. The summed E-state index contributed by atoms with van der Waals surface area (Å²) >= 11 is 0.100. The molecule has 0 aromatic heterocycles. The van der Waals surface area contributed by atoms with E-state index in [9.17, 15) is 0 Å².